The molecule has 1 aliphatic rings. The molecule has 1 fully saturated rings. The van der Waals surface area contributed by atoms with E-state index in [1.54, 1.807) is 17.5 Å². The van der Waals surface area contributed by atoms with Crippen LogP contribution in [0.3, 0.4) is 0 Å². The van der Waals surface area contributed by atoms with Gasteiger partial charge in [-0.15, -0.1) is 11.3 Å². The highest BCUT2D eigenvalue weighted by Gasteiger charge is 2.23. The minimum Gasteiger partial charge on any atom is -0.459 e. The molecule has 0 atom stereocenters. The molecule has 30 heavy (non-hydrogen) atoms. The molecule has 156 valence electrons. The van der Waals surface area contributed by atoms with Crippen LogP contribution in [0.1, 0.15) is 27.8 Å². The van der Waals surface area contributed by atoms with Crippen LogP contribution in [0, 0.1) is 13.8 Å². The molecule has 0 aliphatic carbocycles. The standard InChI is InChI=1S/C20H22N6O3S/c1-13-10-17(22-14(2)21-13)25-5-7-26(8-6-25)18(27)11-15-12-30-20(23-15)24-19(28)16-4-3-9-29-16/h3-4,9-10,12H,5-8,11H2,1-2H3,(H,23,24,28). The number of hydrogen-bond acceptors (Lipinski definition) is 8. The largest absolute Gasteiger partial charge is 0.459 e. The average molecular weight is 427 g/mol. The SMILES string of the molecule is Cc1cc(N2CCN(C(=O)Cc3csc(NC(=O)c4ccco4)n3)CC2)nc(C)n1. The molecule has 2 amide bonds. The first-order valence-corrected chi connectivity index (χ1v) is 10.5. The number of nitrogens with one attached hydrogen (secondary N) is 1. The van der Waals surface area contributed by atoms with Crippen LogP contribution in [-0.2, 0) is 11.2 Å². The van der Waals surface area contributed by atoms with Crippen LogP contribution in [0.5, 0.6) is 0 Å². The Kier molecular flexibility index (Phi) is 5.75. The molecule has 4 rings (SSSR count). The molecule has 0 aromatic carbocycles. The fourth-order valence-corrected chi connectivity index (χ4v) is 4.03. The average Bonchev–Trinajstić information content (AvgIpc) is 3.40. The topological polar surface area (TPSA) is 104 Å². The molecule has 9 nitrogen and oxygen atoms in total. The number of aryl methyl sites for hydroxylation is 2. The van der Waals surface area contributed by atoms with Crippen molar-refractivity contribution in [1.29, 1.82) is 0 Å². The second-order valence-electron chi connectivity index (χ2n) is 7.03. The summed E-state index contributed by atoms with van der Waals surface area (Å²) in [6.07, 6.45) is 1.65. The third-order valence-electron chi connectivity index (χ3n) is 4.76. The fraction of sp³-hybridized carbons (Fsp3) is 0.350. The first kappa shape index (κ1) is 20.0. The Morgan fingerprint density at radius 1 is 1.17 bits per heavy atom. The van der Waals surface area contributed by atoms with Crippen molar-refractivity contribution in [2.24, 2.45) is 0 Å². The molecule has 3 aromatic rings. The highest BCUT2D eigenvalue weighted by molar-refractivity contribution is 7.14. The first-order chi connectivity index (χ1) is 14.5. The van der Waals surface area contributed by atoms with Gasteiger partial charge in [0.15, 0.2) is 10.9 Å². The van der Waals surface area contributed by atoms with Crippen LogP contribution < -0.4 is 10.2 Å². The Morgan fingerprint density at radius 2 is 1.97 bits per heavy atom. The molecule has 1 saturated heterocycles. The second kappa shape index (κ2) is 8.62. The highest BCUT2D eigenvalue weighted by atomic mass is 32.1. The number of carbonyl (C=O) groups is 2. The van der Waals surface area contributed by atoms with Crippen LogP contribution in [0.25, 0.3) is 0 Å². The van der Waals surface area contributed by atoms with E-state index in [1.807, 2.05) is 24.8 Å². The zero-order valence-corrected chi connectivity index (χ0v) is 17.6. The third kappa shape index (κ3) is 4.65. The van der Waals surface area contributed by atoms with Crippen LogP contribution in [0.15, 0.2) is 34.3 Å². The maximum Gasteiger partial charge on any atom is 0.293 e. The second-order valence-corrected chi connectivity index (χ2v) is 7.89. The van der Waals surface area contributed by atoms with Crippen molar-refractivity contribution in [1.82, 2.24) is 19.9 Å². The van der Waals surface area contributed by atoms with Gasteiger partial charge in [-0.2, -0.15) is 0 Å². The van der Waals surface area contributed by atoms with Crippen molar-refractivity contribution < 1.29 is 14.0 Å². The Hall–Kier alpha value is -3.27. The summed E-state index contributed by atoms with van der Waals surface area (Å²) in [6.45, 7) is 6.55. The molecular weight excluding hydrogens is 404 g/mol. The number of aromatic nitrogens is 3. The molecule has 1 aliphatic heterocycles. The molecule has 4 heterocycles. The number of hydrogen-bond donors (Lipinski definition) is 1. The fourth-order valence-electron chi connectivity index (χ4n) is 3.32. The van der Waals surface area contributed by atoms with Gasteiger partial charge in [0, 0.05) is 43.3 Å². The van der Waals surface area contributed by atoms with Gasteiger partial charge in [-0.3, -0.25) is 14.9 Å². The Bertz CT molecular complexity index is 1020. The van der Waals surface area contributed by atoms with Gasteiger partial charge >= 0.3 is 0 Å². The lowest BCUT2D eigenvalue weighted by molar-refractivity contribution is -0.130. The van der Waals surface area contributed by atoms with Crippen LogP contribution >= 0.6 is 11.3 Å². The quantitative estimate of drug-likeness (QED) is 0.667. The van der Waals surface area contributed by atoms with Crippen LogP contribution in [0.2, 0.25) is 0 Å². The van der Waals surface area contributed by atoms with Gasteiger partial charge in [0.25, 0.3) is 5.91 Å². The Labute approximate surface area is 177 Å². The summed E-state index contributed by atoms with van der Waals surface area (Å²) < 4.78 is 5.06. The van der Waals surface area contributed by atoms with Gasteiger partial charge < -0.3 is 14.2 Å². The summed E-state index contributed by atoms with van der Waals surface area (Å²) in [4.78, 5) is 41.9. The molecule has 0 saturated carbocycles. The predicted octanol–water partition coefficient (Wildman–Crippen LogP) is 2.29. The van der Waals surface area contributed by atoms with E-state index in [4.69, 9.17) is 4.42 Å². The number of furan rings is 1. The highest BCUT2D eigenvalue weighted by Crippen LogP contribution is 2.19. The lowest BCUT2D eigenvalue weighted by atomic mass is 10.2. The summed E-state index contributed by atoms with van der Waals surface area (Å²) in [5, 5.41) is 4.91. The number of rotatable bonds is 5. The molecule has 10 heteroatoms. The zero-order chi connectivity index (χ0) is 21.1. The van der Waals surface area contributed by atoms with Crippen molar-refractivity contribution in [2.45, 2.75) is 20.3 Å². The van der Waals surface area contributed by atoms with Crippen LogP contribution in [0.4, 0.5) is 10.9 Å². The number of anilines is 2. The molecule has 1 N–H and O–H groups in total. The normalized spacial score (nSPS) is 14.1. The Morgan fingerprint density at radius 3 is 2.67 bits per heavy atom. The van der Waals surface area contributed by atoms with Crippen molar-refractivity contribution >= 4 is 34.1 Å². The van der Waals surface area contributed by atoms with Gasteiger partial charge in [-0.1, -0.05) is 0 Å². The van der Waals surface area contributed by atoms with E-state index in [0.29, 0.717) is 23.9 Å². The number of piperazine rings is 1. The molecule has 0 bridgehead atoms. The van der Waals surface area contributed by atoms with E-state index in [2.05, 4.69) is 25.2 Å². The minimum atomic E-state index is -0.362. The van der Waals surface area contributed by atoms with E-state index >= 15 is 0 Å². The molecular formula is C20H22N6O3S. The smallest absolute Gasteiger partial charge is 0.293 e. The van der Waals surface area contributed by atoms with Crippen molar-refractivity contribution in [2.75, 3.05) is 36.4 Å². The van der Waals surface area contributed by atoms with E-state index in [1.165, 1.54) is 17.6 Å². The summed E-state index contributed by atoms with van der Waals surface area (Å²) in [5.41, 5.74) is 1.58. The molecule has 0 spiro atoms. The monoisotopic (exact) mass is 426 g/mol. The lowest BCUT2D eigenvalue weighted by Gasteiger charge is -2.35. The van der Waals surface area contributed by atoms with Crippen molar-refractivity contribution in [3.05, 3.63) is 52.8 Å². The predicted molar refractivity (Wildman–Crippen MR) is 113 cm³/mol. The number of nitrogens with zero attached hydrogens (tertiary/aromatic N) is 5. The van der Waals surface area contributed by atoms with E-state index < -0.39 is 0 Å². The van der Waals surface area contributed by atoms with E-state index in [0.717, 1.165) is 30.4 Å². The first-order valence-electron chi connectivity index (χ1n) is 9.62. The number of carbonyl (C=O) groups excluding carboxylic acids is 2. The summed E-state index contributed by atoms with van der Waals surface area (Å²) in [7, 11) is 0. The lowest BCUT2D eigenvalue weighted by Crippen LogP contribution is -2.49. The summed E-state index contributed by atoms with van der Waals surface area (Å²) in [5.74, 6) is 1.54. The Balaban J connectivity index is 1.30. The van der Waals surface area contributed by atoms with E-state index in [9.17, 15) is 9.59 Å². The van der Waals surface area contributed by atoms with Gasteiger partial charge in [-0.25, -0.2) is 15.0 Å². The maximum absolute atomic E-state index is 12.7. The summed E-state index contributed by atoms with van der Waals surface area (Å²) in [6, 6.07) is 5.20. The van der Waals surface area contributed by atoms with Gasteiger partial charge in [0.1, 0.15) is 11.6 Å². The molecule has 0 unspecified atom stereocenters. The van der Waals surface area contributed by atoms with Crippen LogP contribution in [-0.4, -0.2) is 57.8 Å². The number of amides is 2. The van der Waals surface area contributed by atoms with Gasteiger partial charge in [-0.05, 0) is 26.0 Å². The summed E-state index contributed by atoms with van der Waals surface area (Å²) >= 11 is 1.29. The minimum absolute atomic E-state index is 0.0268. The third-order valence-corrected chi connectivity index (χ3v) is 5.56. The van der Waals surface area contributed by atoms with E-state index in [-0.39, 0.29) is 24.0 Å². The van der Waals surface area contributed by atoms with Gasteiger partial charge in [0.05, 0.1) is 18.4 Å². The maximum atomic E-state index is 12.7. The molecule has 0 radical (unpaired) electrons. The molecule has 3 aromatic heterocycles. The van der Waals surface area contributed by atoms with Crippen molar-refractivity contribution in [3.63, 3.8) is 0 Å². The zero-order valence-electron chi connectivity index (χ0n) is 16.8. The van der Waals surface area contributed by atoms with Gasteiger partial charge in [0.2, 0.25) is 5.91 Å². The number of thiazole rings is 1. The van der Waals surface area contributed by atoms with Crippen molar-refractivity contribution in [3.8, 4) is 0 Å².